The van der Waals surface area contributed by atoms with Gasteiger partial charge in [-0.1, -0.05) is 76.7 Å². The quantitative estimate of drug-likeness (QED) is 0.448. The van der Waals surface area contributed by atoms with Gasteiger partial charge >= 0.3 is 5.97 Å². The fourth-order valence-electron chi connectivity index (χ4n) is 2.68. The van der Waals surface area contributed by atoms with Gasteiger partial charge in [-0.05, 0) is 56.3 Å². The smallest absolute Gasteiger partial charge is 0.341 e. The number of carbonyl (C=O) groups is 3. The van der Waals surface area contributed by atoms with Crippen molar-refractivity contribution in [2.75, 3.05) is 0 Å². The maximum atomic E-state index is 13.1. The molecule has 0 radical (unpaired) electrons. The summed E-state index contributed by atoms with van der Waals surface area (Å²) in [6.45, 7) is 24.8. The van der Waals surface area contributed by atoms with Crippen LogP contribution < -0.4 is 0 Å². The molecule has 0 amide bonds. The minimum atomic E-state index is -2.10. The van der Waals surface area contributed by atoms with Crippen LogP contribution in [0, 0.1) is 22.2 Å². The van der Waals surface area contributed by atoms with Crippen molar-refractivity contribution in [3.8, 4) is 0 Å². The first-order valence-corrected chi connectivity index (χ1v) is 10.8. The lowest BCUT2D eigenvalue weighted by atomic mass is 9.84. The molecule has 0 aromatic heterocycles. The first-order chi connectivity index (χ1) is 12.9. The number of hydrogen-bond acceptors (Lipinski definition) is 3. The van der Waals surface area contributed by atoms with E-state index in [1.165, 1.54) is 0 Å². The zero-order valence-electron chi connectivity index (χ0n) is 22.0. The number of carboxylic acid groups (broad SMARTS) is 1. The van der Waals surface area contributed by atoms with E-state index in [9.17, 15) is 18.8 Å². The molecule has 0 rings (SSSR count). The van der Waals surface area contributed by atoms with Crippen molar-refractivity contribution in [1.82, 2.24) is 0 Å². The topological polar surface area (TPSA) is 71.4 Å². The first kappa shape index (κ1) is 37.1. The summed E-state index contributed by atoms with van der Waals surface area (Å²) in [6.07, 6.45) is 2.75. The zero-order chi connectivity index (χ0) is 25.1. The van der Waals surface area contributed by atoms with Crippen LogP contribution >= 0.6 is 0 Å². The predicted octanol–water partition coefficient (Wildman–Crippen LogP) is 7.92. The second-order valence-electron chi connectivity index (χ2n) is 12.3. The second kappa shape index (κ2) is 14.7. The van der Waals surface area contributed by atoms with Gasteiger partial charge in [-0.2, -0.15) is 0 Å². The van der Waals surface area contributed by atoms with Crippen LogP contribution in [0.1, 0.15) is 123 Å². The Morgan fingerprint density at radius 2 is 1.19 bits per heavy atom. The highest BCUT2D eigenvalue weighted by atomic mass is 19.1. The highest BCUT2D eigenvalue weighted by Crippen LogP contribution is 2.29. The molecule has 0 fully saturated rings. The molecule has 2 unspecified atom stereocenters. The lowest BCUT2D eigenvalue weighted by Crippen LogP contribution is -2.34. The van der Waals surface area contributed by atoms with E-state index in [0.717, 1.165) is 26.2 Å². The number of Topliss-reactive ketones (excluding diaryl/α,β-unsaturated/α-hetero) is 2. The van der Waals surface area contributed by atoms with E-state index < -0.39 is 11.6 Å². The van der Waals surface area contributed by atoms with Gasteiger partial charge in [-0.15, -0.1) is 0 Å². The molecule has 5 heteroatoms. The highest BCUT2D eigenvalue weighted by molar-refractivity contribution is 5.78. The van der Waals surface area contributed by atoms with E-state index in [2.05, 4.69) is 41.5 Å². The van der Waals surface area contributed by atoms with Crippen LogP contribution in [-0.2, 0) is 14.4 Å². The molecule has 0 aliphatic carbocycles. The zero-order valence-corrected chi connectivity index (χ0v) is 22.0. The summed E-state index contributed by atoms with van der Waals surface area (Å²) in [5.74, 6) is -0.563. The molecule has 0 aromatic carbocycles. The van der Waals surface area contributed by atoms with E-state index >= 15 is 0 Å². The van der Waals surface area contributed by atoms with Crippen molar-refractivity contribution in [3.63, 3.8) is 0 Å². The Kier molecular flexibility index (Phi) is 17.6. The molecule has 0 bridgehead atoms. The normalized spacial score (nSPS) is 14.4. The Morgan fingerprint density at radius 3 is 1.29 bits per heavy atom. The van der Waals surface area contributed by atoms with Gasteiger partial charge in [-0.25, -0.2) is 9.18 Å². The van der Waals surface area contributed by atoms with Gasteiger partial charge in [0.25, 0.3) is 0 Å². The van der Waals surface area contributed by atoms with E-state index in [1.807, 2.05) is 27.7 Å². The molecule has 0 aliphatic rings. The molecule has 4 nitrogen and oxygen atoms in total. The summed E-state index contributed by atoms with van der Waals surface area (Å²) < 4.78 is 13.1. The number of hydrogen-bond donors (Lipinski definition) is 1. The largest absolute Gasteiger partial charge is 0.479 e. The van der Waals surface area contributed by atoms with Crippen molar-refractivity contribution in [2.24, 2.45) is 22.2 Å². The van der Waals surface area contributed by atoms with Crippen LogP contribution in [0.4, 0.5) is 4.39 Å². The van der Waals surface area contributed by atoms with E-state index in [0.29, 0.717) is 17.0 Å². The molecule has 0 saturated carbocycles. The van der Waals surface area contributed by atoms with Gasteiger partial charge < -0.3 is 9.90 Å². The van der Waals surface area contributed by atoms with E-state index in [4.69, 9.17) is 5.11 Å². The van der Waals surface area contributed by atoms with Crippen molar-refractivity contribution in [3.05, 3.63) is 0 Å². The van der Waals surface area contributed by atoms with Gasteiger partial charge in [0, 0.05) is 12.3 Å². The number of rotatable bonds is 6. The first-order valence-electron chi connectivity index (χ1n) is 10.8. The SMILES string of the molecule is C.CC(=O)C(C)CC(C)(C)C.CC(=O)CCC(C)(C)C.CC(C)(C)CC(C)(F)C(=O)O. The Hall–Kier alpha value is -1.26. The summed E-state index contributed by atoms with van der Waals surface area (Å²) in [7, 11) is 0. The molecule has 0 saturated heterocycles. The lowest BCUT2D eigenvalue weighted by molar-refractivity contribution is -0.151. The lowest BCUT2D eigenvalue weighted by Gasteiger charge is -2.25. The molecule has 31 heavy (non-hydrogen) atoms. The summed E-state index contributed by atoms with van der Waals surface area (Å²) in [5.41, 5.74) is -1.79. The Balaban J connectivity index is -0.000000174. The molecule has 0 spiro atoms. The van der Waals surface area contributed by atoms with Crippen LogP contribution in [0.5, 0.6) is 0 Å². The maximum absolute atomic E-state index is 13.1. The minimum Gasteiger partial charge on any atom is -0.479 e. The third kappa shape index (κ3) is 31.0. The molecule has 2 atom stereocenters. The van der Waals surface area contributed by atoms with Gasteiger partial charge in [0.15, 0.2) is 0 Å². The summed E-state index contributed by atoms with van der Waals surface area (Å²) in [5, 5.41) is 8.43. The van der Waals surface area contributed by atoms with Crippen LogP contribution in [-0.4, -0.2) is 28.3 Å². The number of aliphatic carboxylic acids is 1. The molecule has 188 valence electrons. The van der Waals surface area contributed by atoms with Crippen molar-refractivity contribution in [1.29, 1.82) is 0 Å². The van der Waals surface area contributed by atoms with Gasteiger partial charge in [0.05, 0.1) is 0 Å². The minimum absolute atomic E-state index is 0. The maximum Gasteiger partial charge on any atom is 0.341 e. The van der Waals surface area contributed by atoms with Crippen molar-refractivity contribution < 1.29 is 23.9 Å². The van der Waals surface area contributed by atoms with Crippen molar-refractivity contribution in [2.45, 2.75) is 129 Å². The average Bonchev–Trinajstić information content (AvgIpc) is 2.41. The van der Waals surface area contributed by atoms with Gasteiger partial charge in [0.1, 0.15) is 11.6 Å². The second-order valence-corrected chi connectivity index (χ2v) is 12.3. The molecule has 0 heterocycles. The number of halogens is 1. The molecule has 0 aromatic rings. The van der Waals surface area contributed by atoms with Crippen molar-refractivity contribution >= 4 is 17.5 Å². The Morgan fingerprint density at radius 1 is 0.806 bits per heavy atom. The van der Waals surface area contributed by atoms with Crippen LogP contribution in [0.15, 0.2) is 0 Å². The van der Waals surface area contributed by atoms with Crippen LogP contribution in [0.3, 0.4) is 0 Å². The third-order valence-electron chi connectivity index (χ3n) is 4.15. The molecule has 1 N–H and O–H groups in total. The fourth-order valence-corrected chi connectivity index (χ4v) is 2.68. The number of ketones is 2. The van der Waals surface area contributed by atoms with Gasteiger partial charge in [0.2, 0.25) is 5.67 Å². The summed E-state index contributed by atoms with van der Waals surface area (Å²) >= 11 is 0. The molecular weight excluding hydrogens is 395 g/mol. The summed E-state index contributed by atoms with van der Waals surface area (Å²) in [4.78, 5) is 31.6. The fraction of sp³-hybridized carbons (Fsp3) is 0.885. The molecule has 0 aliphatic heterocycles. The van der Waals surface area contributed by atoms with Crippen LogP contribution in [0.2, 0.25) is 0 Å². The third-order valence-corrected chi connectivity index (χ3v) is 4.15. The van der Waals surface area contributed by atoms with Gasteiger partial charge in [-0.3, -0.25) is 4.79 Å². The number of carboxylic acids is 1. The Labute approximate surface area is 192 Å². The number of carbonyl (C=O) groups excluding carboxylic acids is 2. The van der Waals surface area contributed by atoms with E-state index in [1.54, 1.807) is 13.8 Å². The monoisotopic (exact) mass is 448 g/mol. The summed E-state index contributed by atoms with van der Waals surface area (Å²) in [6, 6.07) is 0. The molecular formula is C26H53FO4. The highest BCUT2D eigenvalue weighted by Gasteiger charge is 2.36. The average molecular weight is 449 g/mol. The predicted molar refractivity (Wildman–Crippen MR) is 131 cm³/mol. The standard InChI is InChI=1S/C9H18O.C8H15FO2.C8H16O.CH4/c1-7(8(2)10)6-9(3,4)5;1-7(2,3)5-8(4,9)6(10)11;1-7(9)5-6-8(2,3)4;/h7H,6H2,1-5H3;5H2,1-4H3,(H,10,11);5-6H2,1-4H3;1H4. The Bertz CT molecular complexity index is 529. The number of alkyl halides is 1. The van der Waals surface area contributed by atoms with Crippen LogP contribution in [0.25, 0.3) is 0 Å². The van der Waals surface area contributed by atoms with E-state index in [-0.39, 0.29) is 30.6 Å².